The van der Waals surface area contributed by atoms with Crippen LogP contribution in [0.5, 0.6) is 40.5 Å². The number of methoxy groups -OCH3 is 7. The monoisotopic (exact) mass is 2040 g/mol. The Labute approximate surface area is 860 Å². The average Bonchev–Trinajstić information content (AvgIpc) is 0.832. The van der Waals surface area contributed by atoms with Gasteiger partial charge in [-0.2, -0.15) is 41.5 Å². The molecule has 5 aromatic carbocycles. The second kappa shape index (κ2) is 48.8. The highest BCUT2D eigenvalue weighted by molar-refractivity contribution is 8.14. The van der Waals surface area contributed by atoms with Gasteiger partial charge in [-0.05, 0) is 184 Å². The molecule has 0 saturated carbocycles. The molecule has 9 aromatic rings. The number of nitrogens with zero attached hydrogens (tertiary/aromatic N) is 16. The van der Waals surface area contributed by atoms with E-state index in [1.54, 1.807) is 78.3 Å². The number of carbonyl (C=O) groups excluding carboxylic acids is 2. The molecule has 17 rings (SSSR count). The molecule has 144 heavy (non-hydrogen) atoms. The molecule has 5 aliphatic carbocycles. The van der Waals surface area contributed by atoms with Crippen molar-refractivity contribution in [3.63, 3.8) is 0 Å². The largest absolute Gasteiger partial charge is 0.497 e. The zero-order chi connectivity index (χ0) is 103. The van der Waals surface area contributed by atoms with Crippen LogP contribution in [0.3, 0.4) is 0 Å². The second-order valence-electron chi connectivity index (χ2n) is 36.6. The lowest BCUT2D eigenvalue weighted by molar-refractivity contribution is -0.141. The van der Waals surface area contributed by atoms with Crippen LogP contribution >= 0.6 is 58.8 Å². The van der Waals surface area contributed by atoms with Gasteiger partial charge in [0.1, 0.15) is 47.9 Å². The number of esters is 1. The number of amidine groups is 1. The summed E-state index contributed by atoms with van der Waals surface area (Å²) in [5.74, 6) is 6.16. The molecule has 3 aliphatic heterocycles. The van der Waals surface area contributed by atoms with E-state index in [-0.39, 0.29) is 77.4 Å². The number of allylic oxidation sites excluding steroid dienone is 1. The summed E-state index contributed by atoms with van der Waals surface area (Å²) in [5.41, 5.74) is 17.8. The molecule has 0 bridgehead atoms. The summed E-state index contributed by atoms with van der Waals surface area (Å²) < 4.78 is 57.6. The van der Waals surface area contributed by atoms with E-state index in [4.69, 9.17) is 104 Å². The lowest BCUT2D eigenvalue weighted by Gasteiger charge is -2.45. The number of fused-ring (bicyclic) bond motifs is 16. The van der Waals surface area contributed by atoms with Gasteiger partial charge in [0.2, 0.25) is 11.8 Å². The minimum Gasteiger partial charge on any atom is -0.497 e. The summed E-state index contributed by atoms with van der Waals surface area (Å²) in [5, 5.41) is 66.0. The molecule has 1 unspecified atom stereocenters. The lowest BCUT2D eigenvalue weighted by Crippen LogP contribution is -2.52. The van der Waals surface area contributed by atoms with Gasteiger partial charge >= 0.3 is 12.0 Å². The number of urea groups is 1. The van der Waals surface area contributed by atoms with Crippen LogP contribution in [0.1, 0.15) is 130 Å². The third kappa shape index (κ3) is 24.0. The number of hydrogen-bond donors (Lipinski definition) is 3. The fourth-order valence-electron chi connectivity index (χ4n) is 19.7. The standard InChI is InChI=1S/C28H36N4O6S.C20H22N4O2S.C20H23N3O2S.2C19H18N4O2S/c1-5-11-32-25(34)23-24(30-27(32)39-15-14-36-3)21-8-7-20(37-4)16-19(21)17-28(23)9-12-31(13-10-28)26(35)29-18-22(33)38-6-2;1-25-14-3-4-15-13(11-14)12-20(5-8-22-9-6-20)16-17(15)23-19(27-10-7-21)24-18(16)26-2;1-5-9-25-18-16-17(22-19(23-18)26-10-8-21)15-11-14(24-4)7-6-13(15)12-20(16,2)3;1-19(2)11-12-4-5-13(24-3)10-14(12)16-15(19)17(25-8-6-20)23-18(22-16)26-9-7-21;1-19(2)11-12-4-5-13(25-3)10-14(12)16-15(19)17(24)23(8-6-20)18(22-16)26-9-7-21/h5,7-8,16H,1,6,9-15,17-18H2,2-4H3,(H,29,35);3-4,11,22H,5-6,8-10,12H2,1-2H3;5-7,11,18H,1,9-10,12H2,2-4H3,(H,22,23);2*4-5,10H,8-9,11H2,1-3H3. The molecule has 33 nitrogen and oxygen atoms in total. The van der Waals surface area contributed by atoms with Crippen molar-refractivity contribution in [2.75, 3.05) is 138 Å². The quantitative estimate of drug-likeness (QED) is 0.0135. The van der Waals surface area contributed by atoms with Gasteiger partial charge in [0.25, 0.3) is 11.1 Å². The number of aliphatic imine (C=N–C) groups is 1. The molecular weight excluding hydrogens is 1920 g/mol. The van der Waals surface area contributed by atoms with Crippen LogP contribution < -0.4 is 60.2 Å². The van der Waals surface area contributed by atoms with E-state index >= 15 is 0 Å². The highest BCUT2D eigenvalue weighted by atomic mass is 32.2. The van der Waals surface area contributed by atoms with Crippen LogP contribution in [0.4, 0.5) is 4.79 Å². The van der Waals surface area contributed by atoms with Crippen LogP contribution in [0.2, 0.25) is 0 Å². The van der Waals surface area contributed by atoms with Gasteiger partial charge in [-0.25, -0.2) is 29.7 Å². The Morgan fingerprint density at radius 3 is 1.52 bits per heavy atom. The number of hydrogen-bond acceptors (Lipinski definition) is 34. The Morgan fingerprint density at radius 1 is 0.507 bits per heavy atom. The highest BCUT2D eigenvalue weighted by Crippen LogP contribution is 2.55. The number of piperidine rings is 2. The van der Waals surface area contributed by atoms with Crippen molar-refractivity contribution in [1.29, 1.82) is 31.6 Å². The summed E-state index contributed by atoms with van der Waals surface area (Å²) in [6, 6.07) is 42.1. The molecule has 7 heterocycles. The van der Waals surface area contributed by atoms with Crippen LogP contribution in [0, 0.1) is 73.4 Å². The topological polar surface area (TPSA) is 442 Å². The number of nitriles is 6. The molecule has 8 aliphatic rings. The maximum absolute atomic E-state index is 14.2. The molecule has 38 heteroatoms. The number of aromatic nitrogens is 8. The lowest BCUT2D eigenvalue weighted by atomic mass is 9.64. The van der Waals surface area contributed by atoms with E-state index in [1.165, 1.54) is 80.1 Å². The number of nitrogens with one attached hydrogen (secondary N) is 3. The van der Waals surface area contributed by atoms with E-state index in [2.05, 4.69) is 115 Å². The van der Waals surface area contributed by atoms with Crippen LogP contribution in [-0.2, 0) is 85.9 Å². The van der Waals surface area contributed by atoms with Gasteiger partial charge < -0.3 is 68.2 Å². The summed E-state index contributed by atoms with van der Waals surface area (Å²) in [6.45, 7) is 26.0. The van der Waals surface area contributed by atoms with Crippen molar-refractivity contribution in [3.8, 4) is 122 Å². The van der Waals surface area contributed by atoms with Gasteiger partial charge in [-0.15, -0.1) is 13.2 Å². The van der Waals surface area contributed by atoms with Crippen LogP contribution in [-0.4, -0.2) is 205 Å². The van der Waals surface area contributed by atoms with Crippen LogP contribution in [0.15, 0.2) is 157 Å². The Balaban J connectivity index is 0.000000152. The normalized spacial score (nSPS) is 16.0. The fraction of sp³-hybridized carbons (Fsp3) is 0.425. The molecule has 1 atom stereocenters. The van der Waals surface area contributed by atoms with E-state index in [9.17, 15) is 19.2 Å². The van der Waals surface area contributed by atoms with Gasteiger partial charge in [-0.1, -0.05) is 131 Å². The molecular formula is C106H117N19O14S5. The first-order valence-corrected chi connectivity index (χ1v) is 51.8. The third-order valence-electron chi connectivity index (χ3n) is 26.2. The number of amides is 2. The first-order valence-electron chi connectivity index (χ1n) is 46.9. The van der Waals surface area contributed by atoms with Gasteiger partial charge in [0.15, 0.2) is 38.6 Å². The fourth-order valence-corrected chi connectivity index (χ4v) is 22.8. The van der Waals surface area contributed by atoms with Gasteiger partial charge in [0.05, 0.1) is 150 Å². The van der Waals surface area contributed by atoms with Crippen molar-refractivity contribution >= 4 is 81.7 Å². The molecule has 2 amide bonds. The summed E-state index contributed by atoms with van der Waals surface area (Å²) in [6.07, 6.45) is 10.2. The average molecular weight is 2040 g/mol. The van der Waals surface area contributed by atoms with E-state index < -0.39 is 16.8 Å². The van der Waals surface area contributed by atoms with Crippen molar-refractivity contribution in [3.05, 3.63) is 198 Å². The molecule has 0 radical (unpaired) electrons. The molecule has 4 aromatic heterocycles. The van der Waals surface area contributed by atoms with Crippen molar-refractivity contribution in [2.24, 2.45) is 10.4 Å². The number of thioether (sulfide) groups is 5. The van der Waals surface area contributed by atoms with E-state index in [1.807, 2.05) is 92.7 Å². The van der Waals surface area contributed by atoms with Gasteiger partial charge in [-0.3, -0.25) is 23.5 Å². The maximum Gasteiger partial charge on any atom is 0.325 e. The summed E-state index contributed by atoms with van der Waals surface area (Å²) in [7, 11) is 11.5. The molecule has 2 saturated heterocycles. The minimum atomic E-state index is -0.491. The molecule has 2 fully saturated rings. The molecule has 750 valence electrons. The van der Waals surface area contributed by atoms with Crippen molar-refractivity contribution in [2.45, 2.75) is 168 Å². The highest BCUT2D eigenvalue weighted by Gasteiger charge is 2.49. The summed E-state index contributed by atoms with van der Waals surface area (Å²) in [4.78, 5) is 86.7. The molecule has 2 spiro atoms. The number of rotatable bonds is 28. The Bertz CT molecular complexity index is 6800. The van der Waals surface area contributed by atoms with Crippen LogP contribution in [0.25, 0.3) is 50.7 Å². The predicted octanol–water partition coefficient (Wildman–Crippen LogP) is 16.1. The minimum absolute atomic E-state index is 0.0380. The predicted molar refractivity (Wildman–Crippen MR) is 557 cm³/mol. The third-order valence-corrected chi connectivity index (χ3v) is 30.1. The molecule has 3 N–H and O–H groups in total. The number of ether oxygens (including phenoxy) is 10. The zero-order valence-corrected chi connectivity index (χ0v) is 87.5. The van der Waals surface area contributed by atoms with Gasteiger partial charge in [0, 0.05) is 104 Å². The SMILES string of the molecule is C=CCOC1N=C(SCC#N)NC2=C1C(C)(C)Cc1ccc(OC)cc12.C=CCn1c(SCCOC)nc2c(c1=O)C1(CCN(C(=O)NCC(=O)OCC)CC1)Cc1cc(OC)ccc1-2.COc1ccc2c(c1)-c1nc(SCC#N)n(CC#N)c(=O)c1C(C)(C)C2.COc1ccc2c(c1)-c1nc(SCC#N)nc(OCC#N)c1C(C)(C)C2.COc1ccc2c(c1)CC1(CCNCC1)c1c(OC)nc(SCC#N)nc1-2. The second-order valence-corrected chi connectivity index (χ2v) is 41.4. The van der Waals surface area contributed by atoms with Crippen molar-refractivity contribution < 1.29 is 57.0 Å². The number of likely N-dealkylation sites (tertiary alicyclic amines) is 1. The Hall–Kier alpha value is -13.4. The first-order chi connectivity index (χ1) is 69.5. The Kier molecular flexibility index (Phi) is 36.6. The van der Waals surface area contributed by atoms with Crippen molar-refractivity contribution in [1.82, 2.24) is 59.9 Å². The van der Waals surface area contributed by atoms with E-state index in [0.29, 0.717) is 142 Å². The summed E-state index contributed by atoms with van der Waals surface area (Å²) >= 11 is 6.62. The number of benzene rings is 5. The zero-order valence-electron chi connectivity index (χ0n) is 83.4. The van der Waals surface area contributed by atoms with E-state index in [0.717, 1.165) is 141 Å². The number of carbonyl (C=O) groups is 2. The maximum atomic E-state index is 14.2. The Morgan fingerprint density at radius 2 is 0.993 bits per heavy atom. The first kappa shape index (κ1) is 108. The smallest absolute Gasteiger partial charge is 0.325 e.